The van der Waals surface area contributed by atoms with Crippen molar-refractivity contribution in [3.8, 4) is 5.75 Å². The number of carboxylic acids is 1. The van der Waals surface area contributed by atoms with Gasteiger partial charge in [-0.2, -0.15) is 0 Å². The van der Waals surface area contributed by atoms with Gasteiger partial charge >= 0.3 is 5.97 Å². The minimum Gasteiger partial charge on any atom is -0.497 e. The average molecular weight is 377 g/mol. The number of methoxy groups -OCH3 is 1. The molecule has 0 heterocycles. The van der Waals surface area contributed by atoms with Gasteiger partial charge in [-0.25, -0.2) is 4.39 Å². The third-order valence-electron chi connectivity index (χ3n) is 3.64. The molecule has 0 aliphatic rings. The number of carboxylic acid groups (broad SMARTS) is 1. The largest absolute Gasteiger partial charge is 0.497 e. The number of rotatable bonds is 9. The molecule has 0 spiro atoms. The third-order valence-corrected chi connectivity index (χ3v) is 4.66. The molecule has 7 heteroatoms. The molecule has 0 aliphatic carbocycles. The van der Waals surface area contributed by atoms with Crippen LogP contribution in [0, 0.1) is 5.82 Å². The van der Waals surface area contributed by atoms with Crippen LogP contribution in [0.15, 0.2) is 53.4 Å². The summed E-state index contributed by atoms with van der Waals surface area (Å²) < 4.78 is 18.1. The quantitative estimate of drug-likeness (QED) is 0.653. The van der Waals surface area contributed by atoms with E-state index in [1.807, 2.05) is 24.3 Å². The topological polar surface area (TPSA) is 75.6 Å². The molecular formula is C19H20FNO4S. The number of ether oxygens (including phenoxy) is 1. The van der Waals surface area contributed by atoms with Gasteiger partial charge in [0.05, 0.1) is 19.6 Å². The summed E-state index contributed by atoms with van der Waals surface area (Å²) in [6.45, 7) is 0. The second kappa shape index (κ2) is 9.82. The first-order valence-corrected chi connectivity index (χ1v) is 9.00. The maximum Gasteiger partial charge on any atom is 0.305 e. The maximum atomic E-state index is 13.0. The summed E-state index contributed by atoms with van der Waals surface area (Å²) in [5.41, 5.74) is 0.560. The molecule has 2 aromatic rings. The molecule has 0 aliphatic heterocycles. The van der Waals surface area contributed by atoms with Crippen LogP contribution in [-0.2, 0) is 9.59 Å². The Morgan fingerprint density at radius 2 is 1.81 bits per heavy atom. The first-order valence-electron chi connectivity index (χ1n) is 8.01. The van der Waals surface area contributed by atoms with Gasteiger partial charge in [0.2, 0.25) is 5.91 Å². The van der Waals surface area contributed by atoms with Crippen LogP contribution in [0.3, 0.4) is 0 Å². The van der Waals surface area contributed by atoms with E-state index in [1.165, 1.54) is 36.0 Å². The fourth-order valence-electron chi connectivity index (χ4n) is 2.32. The molecule has 2 rings (SSSR count). The van der Waals surface area contributed by atoms with Gasteiger partial charge in [-0.1, -0.05) is 12.1 Å². The van der Waals surface area contributed by atoms with Gasteiger partial charge in [-0.05, 0) is 42.0 Å². The van der Waals surface area contributed by atoms with Crippen LogP contribution >= 0.6 is 11.8 Å². The number of amides is 1. The number of nitrogens with one attached hydrogen (secondary N) is 1. The standard InChI is InChI=1S/C19H20FNO4S/c1-25-15-6-8-16(9-7-15)26-11-10-18(22)21-17(12-19(23)24)13-2-4-14(20)5-3-13/h2-9,17H,10-12H2,1H3,(H,21,22)(H,23,24). The van der Waals surface area contributed by atoms with Gasteiger partial charge in [-0.15, -0.1) is 11.8 Å². The van der Waals surface area contributed by atoms with Gasteiger partial charge < -0.3 is 15.2 Å². The first kappa shape index (κ1) is 19.8. The van der Waals surface area contributed by atoms with Crippen LogP contribution < -0.4 is 10.1 Å². The Morgan fingerprint density at radius 3 is 2.38 bits per heavy atom. The van der Waals surface area contributed by atoms with Gasteiger partial charge in [0.1, 0.15) is 11.6 Å². The Kier molecular flexibility index (Phi) is 7.47. The van der Waals surface area contributed by atoms with E-state index >= 15 is 0 Å². The Balaban J connectivity index is 1.87. The summed E-state index contributed by atoms with van der Waals surface area (Å²) in [5.74, 6) is -0.372. The van der Waals surface area contributed by atoms with Crippen molar-refractivity contribution in [2.45, 2.75) is 23.8 Å². The molecule has 26 heavy (non-hydrogen) atoms. The van der Waals surface area contributed by atoms with E-state index in [0.29, 0.717) is 11.3 Å². The van der Waals surface area contributed by atoms with Crippen LogP contribution in [0.1, 0.15) is 24.4 Å². The van der Waals surface area contributed by atoms with Crippen LogP contribution in [0.2, 0.25) is 0 Å². The van der Waals surface area contributed by atoms with E-state index in [-0.39, 0.29) is 18.7 Å². The second-order valence-corrected chi connectivity index (χ2v) is 6.71. The van der Waals surface area contributed by atoms with E-state index in [9.17, 15) is 14.0 Å². The van der Waals surface area contributed by atoms with Gasteiger partial charge in [0.25, 0.3) is 0 Å². The molecule has 0 fully saturated rings. The van der Waals surface area contributed by atoms with E-state index < -0.39 is 17.8 Å². The Bertz CT molecular complexity index is 734. The predicted octanol–water partition coefficient (Wildman–Crippen LogP) is 3.65. The van der Waals surface area contributed by atoms with E-state index in [0.717, 1.165) is 10.6 Å². The molecular weight excluding hydrogens is 357 g/mol. The Morgan fingerprint density at radius 1 is 1.15 bits per heavy atom. The van der Waals surface area contributed by atoms with Gasteiger partial charge in [0, 0.05) is 17.1 Å². The molecule has 0 saturated heterocycles. The summed E-state index contributed by atoms with van der Waals surface area (Å²) in [6.07, 6.45) is -0.0169. The fourth-order valence-corrected chi connectivity index (χ4v) is 3.17. The fraction of sp³-hybridized carbons (Fsp3) is 0.263. The highest BCUT2D eigenvalue weighted by atomic mass is 32.2. The highest BCUT2D eigenvalue weighted by Gasteiger charge is 2.18. The van der Waals surface area contributed by atoms with Crippen molar-refractivity contribution in [2.24, 2.45) is 0 Å². The molecule has 1 atom stereocenters. The number of aliphatic carboxylic acids is 1. The third kappa shape index (κ3) is 6.40. The van der Waals surface area contributed by atoms with Crippen molar-refractivity contribution in [3.05, 3.63) is 59.9 Å². The minimum absolute atomic E-state index is 0.244. The number of hydrogen-bond acceptors (Lipinski definition) is 4. The molecule has 0 bridgehead atoms. The second-order valence-electron chi connectivity index (χ2n) is 5.54. The number of thioether (sulfide) groups is 1. The molecule has 2 aromatic carbocycles. The first-order chi connectivity index (χ1) is 12.5. The lowest BCUT2D eigenvalue weighted by Crippen LogP contribution is -2.30. The maximum absolute atomic E-state index is 13.0. The van der Waals surface area contributed by atoms with Crippen LogP contribution in [-0.4, -0.2) is 29.8 Å². The highest BCUT2D eigenvalue weighted by Crippen LogP contribution is 2.22. The van der Waals surface area contributed by atoms with E-state index in [4.69, 9.17) is 9.84 Å². The molecule has 1 unspecified atom stereocenters. The number of hydrogen-bond donors (Lipinski definition) is 2. The number of halogens is 1. The molecule has 1 amide bonds. The predicted molar refractivity (Wildman–Crippen MR) is 97.9 cm³/mol. The summed E-state index contributed by atoms with van der Waals surface area (Å²) in [5, 5.41) is 11.8. The average Bonchev–Trinajstić information content (AvgIpc) is 2.62. The monoisotopic (exact) mass is 377 g/mol. The summed E-state index contributed by atoms with van der Waals surface area (Å²) in [4.78, 5) is 24.2. The van der Waals surface area contributed by atoms with Gasteiger partial charge in [-0.3, -0.25) is 9.59 Å². The van der Waals surface area contributed by atoms with Crippen molar-refractivity contribution < 1.29 is 23.8 Å². The van der Waals surface area contributed by atoms with Crippen LogP contribution in [0.25, 0.3) is 0 Å². The molecule has 2 N–H and O–H groups in total. The lowest BCUT2D eigenvalue weighted by atomic mass is 10.0. The Labute approximate surface area is 155 Å². The van der Waals surface area contributed by atoms with Crippen molar-refractivity contribution >= 4 is 23.6 Å². The van der Waals surface area contributed by atoms with Crippen molar-refractivity contribution in [3.63, 3.8) is 0 Å². The van der Waals surface area contributed by atoms with Crippen molar-refractivity contribution in [1.82, 2.24) is 5.32 Å². The van der Waals surface area contributed by atoms with Crippen LogP contribution in [0.4, 0.5) is 4.39 Å². The zero-order valence-electron chi connectivity index (χ0n) is 14.3. The van der Waals surface area contributed by atoms with Crippen LogP contribution in [0.5, 0.6) is 5.75 Å². The Hall–Kier alpha value is -2.54. The lowest BCUT2D eigenvalue weighted by Gasteiger charge is -2.17. The summed E-state index contributed by atoms with van der Waals surface area (Å²) >= 11 is 1.52. The molecule has 0 saturated carbocycles. The van der Waals surface area contributed by atoms with Crippen molar-refractivity contribution in [2.75, 3.05) is 12.9 Å². The number of carbonyl (C=O) groups excluding carboxylic acids is 1. The molecule has 5 nitrogen and oxygen atoms in total. The van der Waals surface area contributed by atoms with Crippen molar-refractivity contribution in [1.29, 1.82) is 0 Å². The minimum atomic E-state index is -1.03. The zero-order chi connectivity index (χ0) is 18.9. The lowest BCUT2D eigenvalue weighted by molar-refractivity contribution is -0.137. The summed E-state index contributed by atoms with van der Waals surface area (Å²) in [6, 6.07) is 12.3. The van der Waals surface area contributed by atoms with E-state index in [2.05, 4.69) is 5.32 Å². The molecule has 0 aromatic heterocycles. The molecule has 138 valence electrons. The highest BCUT2D eigenvalue weighted by molar-refractivity contribution is 7.99. The van der Waals surface area contributed by atoms with E-state index in [1.54, 1.807) is 7.11 Å². The smallest absolute Gasteiger partial charge is 0.305 e. The number of benzene rings is 2. The summed E-state index contributed by atoms with van der Waals surface area (Å²) in [7, 11) is 1.60. The number of carbonyl (C=O) groups is 2. The normalized spacial score (nSPS) is 11.6. The van der Waals surface area contributed by atoms with Gasteiger partial charge in [0.15, 0.2) is 0 Å². The molecule has 0 radical (unpaired) electrons. The zero-order valence-corrected chi connectivity index (χ0v) is 15.1. The SMILES string of the molecule is COc1ccc(SCCC(=O)NC(CC(=O)O)c2ccc(F)cc2)cc1.